The molecule has 5 N–H and O–H groups in total. The van der Waals surface area contributed by atoms with Crippen molar-refractivity contribution in [3.05, 3.63) is 130 Å². The molecule has 13 nitrogen and oxygen atoms in total. The van der Waals surface area contributed by atoms with Crippen LogP contribution in [0.5, 0.6) is 5.75 Å². The van der Waals surface area contributed by atoms with Gasteiger partial charge in [-0.3, -0.25) is 9.59 Å². The van der Waals surface area contributed by atoms with Gasteiger partial charge in [-0.15, -0.1) is 22.7 Å². The molecule has 0 saturated carbocycles. The van der Waals surface area contributed by atoms with E-state index in [2.05, 4.69) is 25.1 Å². The van der Waals surface area contributed by atoms with Crippen LogP contribution < -0.4 is 31.3 Å². The molecule has 0 unspecified atom stereocenters. The summed E-state index contributed by atoms with van der Waals surface area (Å²) < 4.78 is 33.4. The molecule has 2 atom stereocenters. The predicted molar refractivity (Wildman–Crippen MR) is 259 cm³/mol. The van der Waals surface area contributed by atoms with Crippen molar-refractivity contribution < 1.29 is 23.1 Å². The fourth-order valence-electron chi connectivity index (χ4n) is 8.60. The zero-order valence-electron chi connectivity index (χ0n) is 34.8. The summed E-state index contributed by atoms with van der Waals surface area (Å²) in [6.07, 6.45) is 1.17. The first-order valence-electron chi connectivity index (χ1n) is 20.9. The number of amides is 2. The van der Waals surface area contributed by atoms with Gasteiger partial charge in [0, 0.05) is 46.0 Å². The Bertz CT molecular complexity index is 2990. The number of aromatic nitrogens is 4. The van der Waals surface area contributed by atoms with Crippen molar-refractivity contribution in [2.45, 2.75) is 24.9 Å². The Morgan fingerprint density at radius 3 is 1.71 bits per heavy atom. The maximum absolute atomic E-state index is 15.3. The number of rotatable bonds is 11. The van der Waals surface area contributed by atoms with Crippen LogP contribution >= 0.6 is 45.9 Å². The quantitative estimate of drug-likeness (QED) is 0.113. The molecule has 0 bridgehead atoms. The summed E-state index contributed by atoms with van der Waals surface area (Å²) in [5, 5.41) is 5.31. The number of carbonyl (C=O) groups is 2. The number of nitrogens with one attached hydrogen (secondary N) is 1. The van der Waals surface area contributed by atoms with E-state index in [-0.39, 0.29) is 59.4 Å². The summed E-state index contributed by atoms with van der Waals surface area (Å²) in [5.74, 6) is 0.499. The summed E-state index contributed by atoms with van der Waals surface area (Å²) in [6, 6.07) is 27.4. The molecule has 0 spiro atoms. The monoisotopic (exact) mass is 962 g/mol. The van der Waals surface area contributed by atoms with Crippen LogP contribution in [0.15, 0.2) is 103 Å². The molecule has 4 aromatic carbocycles. The highest BCUT2D eigenvalue weighted by Crippen LogP contribution is 2.41. The minimum absolute atomic E-state index is 0.112. The maximum atomic E-state index is 15.3. The third-order valence-corrected chi connectivity index (χ3v) is 14.3. The van der Waals surface area contributed by atoms with Gasteiger partial charge in [0.15, 0.2) is 6.61 Å². The zero-order chi connectivity index (χ0) is 45.6. The molecule has 19 heteroatoms. The molecule has 2 amide bonds. The van der Waals surface area contributed by atoms with E-state index in [0.717, 1.165) is 31.7 Å². The van der Waals surface area contributed by atoms with E-state index in [1.165, 1.54) is 46.9 Å². The number of hydrogen-bond acceptors (Lipinski definition) is 13. The van der Waals surface area contributed by atoms with Gasteiger partial charge in [-0.1, -0.05) is 47.5 Å². The van der Waals surface area contributed by atoms with Crippen LogP contribution in [0.3, 0.4) is 0 Å². The van der Waals surface area contributed by atoms with Crippen LogP contribution in [0, 0.1) is 11.6 Å². The minimum atomic E-state index is -0.492. The third kappa shape index (κ3) is 8.86. The Morgan fingerprint density at radius 1 is 0.697 bits per heavy atom. The van der Waals surface area contributed by atoms with Crippen molar-refractivity contribution in [3.8, 4) is 26.6 Å². The average Bonchev–Trinajstić information content (AvgIpc) is 4.14. The molecule has 2 saturated heterocycles. The van der Waals surface area contributed by atoms with Gasteiger partial charge in [0.05, 0.1) is 34.1 Å². The largest absolute Gasteiger partial charge is 0.484 e. The lowest BCUT2D eigenvalue weighted by Crippen LogP contribution is -2.50. The molecule has 0 radical (unpaired) electrons. The standard InChI is InChI=1S/C47H38Cl2F2N10O3S2/c48-27-5-12-33(13-6-27)64-24-40(62)54-37-19-28(49)7-14-34(37)45(63)61(31-15-17-59(22-31)41-35-20-38(25-1-8-29(50)9-2-25)65-43(35)57-46(52)55-41)32-16-18-60(23-32)42-36-21-39(26-3-10-30(51)11-4-26)66-44(36)58-47(53)56-42/h1-14,19-21,31-32H,15-18,22-24H2,(H,54,62)(H2,52,55,57)(H2,53,56,58)/t31-,32-/m1/s1. The predicted octanol–water partition coefficient (Wildman–Crippen LogP) is 9.80. The molecule has 2 fully saturated rings. The Balaban J connectivity index is 0.974. The highest BCUT2D eigenvalue weighted by molar-refractivity contribution is 7.22. The second-order valence-corrected chi connectivity index (χ2v) is 18.9. The molecule has 2 aliphatic heterocycles. The summed E-state index contributed by atoms with van der Waals surface area (Å²) in [7, 11) is 0. The first-order valence-corrected chi connectivity index (χ1v) is 23.3. The smallest absolute Gasteiger partial charge is 0.262 e. The molecular weight excluding hydrogens is 926 g/mol. The average molecular weight is 964 g/mol. The first-order chi connectivity index (χ1) is 31.9. The Morgan fingerprint density at radius 2 is 1.20 bits per heavy atom. The SMILES string of the molecule is Nc1nc(N2CC[C@@H](N(C(=O)c3ccc(Cl)cc3NC(=O)COc3ccc(Cl)cc3)[C@@H]3CCN(c4nc(N)nc5sc(-c6ccc(F)cc6)cc45)C3)C2)c2cc(-c3ccc(F)cc3)sc2n1. The van der Waals surface area contributed by atoms with Crippen LogP contribution in [-0.4, -0.2) is 81.5 Å². The molecular formula is C47H38Cl2F2N10O3S2. The molecule has 4 aromatic heterocycles. The fourth-order valence-corrected chi connectivity index (χ4v) is 11.0. The summed E-state index contributed by atoms with van der Waals surface area (Å²) in [6.45, 7) is 1.60. The van der Waals surface area contributed by atoms with Gasteiger partial charge in [0.2, 0.25) is 11.9 Å². The second kappa shape index (κ2) is 18.0. The Labute approximate surface area is 394 Å². The maximum Gasteiger partial charge on any atom is 0.262 e. The van der Waals surface area contributed by atoms with Gasteiger partial charge >= 0.3 is 0 Å². The van der Waals surface area contributed by atoms with Crippen molar-refractivity contribution in [1.82, 2.24) is 24.8 Å². The fraction of sp³-hybridized carbons (Fsp3) is 0.191. The van der Waals surface area contributed by atoms with E-state index in [1.807, 2.05) is 17.0 Å². The van der Waals surface area contributed by atoms with Crippen molar-refractivity contribution in [3.63, 3.8) is 0 Å². The second-order valence-electron chi connectivity index (χ2n) is 16.0. The number of benzene rings is 4. The van der Waals surface area contributed by atoms with E-state index in [1.54, 1.807) is 66.7 Å². The molecule has 0 aliphatic carbocycles. The molecule has 6 heterocycles. The van der Waals surface area contributed by atoms with E-state index in [0.29, 0.717) is 76.1 Å². The lowest BCUT2D eigenvalue weighted by molar-refractivity contribution is -0.118. The Kier molecular flexibility index (Phi) is 11.8. The topological polar surface area (TPSA) is 169 Å². The summed E-state index contributed by atoms with van der Waals surface area (Å²) >= 11 is 15.4. The molecule has 8 aromatic rings. The number of hydrogen-bond donors (Lipinski definition) is 3. The molecule has 2 aliphatic rings. The van der Waals surface area contributed by atoms with Gasteiger partial charge in [-0.05, 0) is 103 Å². The molecule has 10 rings (SSSR count). The number of nitrogens with zero attached hydrogens (tertiary/aromatic N) is 7. The number of anilines is 5. The van der Waals surface area contributed by atoms with Gasteiger partial charge < -0.3 is 36.2 Å². The number of nitrogen functional groups attached to an aromatic ring is 2. The van der Waals surface area contributed by atoms with E-state index < -0.39 is 5.91 Å². The lowest BCUT2D eigenvalue weighted by Gasteiger charge is -2.35. The van der Waals surface area contributed by atoms with Gasteiger partial charge in [-0.2, -0.15) is 9.97 Å². The number of nitrogens with two attached hydrogens (primary N) is 2. The summed E-state index contributed by atoms with van der Waals surface area (Å²) in [4.78, 5) is 56.5. The number of halogens is 4. The minimum Gasteiger partial charge on any atom is -0.484 e. The van der Waals surface area contributed by atoms with Crippen LogP contribution in [0.1, 0.15) is 23.2 Å². The number of thiophene rings is 2. The zero-order valence-corrected chi connectivity index (χ0v) is 37.9. The lowest BCUT2D eigenvalue weighted by atomic mass is 10.1. The van der Waals surface area contributed by atoms with Crippen LogP contribution in [0.25, 0.3) is 41.3 Å². The first kappa shape index (κ1) is 43.2. The van der Waals surface area contributed by atoms with Crippen LogP contribution in [0.2, 0.25) is 10.0 Å². The highest BCUT2D eigenvalue weighted by atomic mass is 35.5. The van der Waals surface area contributed by atoms with E-state index in [4.69, 9.17) is 49.4 Å². The number of fused-ring (bicyclic) bond motifs is 2. The normalized spacial score (nSPS) is 16.1. The Hall–Kier alpha value is -6.66. The highest BCUT2D eigenvalue weighted by Gasteiger charge is 2.41. The number of carbonyl (C=O) groups excluding carboxylic acids is 2. The van der Waals surface area contributed by atoms with Crippen molar-refractivity contribution in [1.29, 1.82) is 0 Å². The van der Waals surface area contributed by atoms with Gasteiger partial charge in [-0.25, -0.2) is 18.7 Å². The van der Waals surface area contributed by atoms with Crippen molar-refractivity contribution >= 4 is 107 Å². The van der Waals surface area contributed by atoms with Crippen molar-refractivity contribution in [2.75, 3.05) is 59.4 Å². The molecule has 334 valence electrons. The van der Waals surface area contributed by atoms with Gasteiger partial charge in [0.1, 0.15) is 38.7 Å². The van der Waals surface area contributed by atoms with Crippen molar-refractivity contribution in [2.24, 2.45) is 0 Å². The van der Waals surface area contributed by atoms with E-state index in [9.17, 15) is 13.6 Å². The summed E-state index contributed by atoms with van der Waals surface area (Å²) in [5.41, 5.74) is 14.8. The van der Waals surface area contributed by atoms with Crippen LogP contribution in [-0.2, 0) is 4.79 Å². The number of ether oxygens (including phenoxy) is 1. The third-order valence-electron chi connectivity index (χ3n) is 11.7. The van der Waals surface area contributed by atoms with Gasteiger partial charge in [0.25, 0.3) is 11.8 Å². The molecule has 66 heavy (non-hydrogen) atoms. The van der Waals surface area contributed by atoms with Crippen LogP contribution in [0.4, 0.5) is 38.0 Å². The van der Waals surface area contributed by atoms with E-state index >= 15 is 4.79 Å².